The van der Waals surface area contributed by atoms with Gasteiger partial charge in [-0.1, -0.05) is 38.4 Å². The predicted molar refractivity (Wildman–Crippen MR) is 72.1 cm³/mol. The van der Waals surface area contributed by atoms with Gasteiger partial charge < -0.3 is 5.32 Å². The highest BCUT2D eigenvalue weighted by molar-refractivity contribution is 6.31. The van der Waals surface area contributed by atoms with Crippen LogP contribution in [0.25, 0.3) is 0 Å². The van der Waals surface area contributed by atoms with Crippen molar-refractivity contribution < 1.29 is 4.39 Å². The van der Waals surface area contributed by atoms with E-state index in [4.69, 9.17) is 11.6 Å². The molecule has 0 amide bonds. The zero-order valence-electron chi connectivity index (χ0n) is 10.8. The van der Waals surface area contributed by atoms with E-state index in [9.17, 15) is 4.39 Å². The third kappa shape index (κ3) is 5.05. The van der Waals surface area contributed by atoms with Gasteiger partial charge in [0, 0.05) is 11.6 Å². The molecular weight excluding hydrogens is 237 g/mol. The first-order chi connectivity index (χ1) is 7.94. The smallest absolute Gasteiger partial charge is 0.124 e. The number of halogens is 2. The number of benzene rings is 1. The Hall–Kier alpha value is -0.600. The Labute approximate surface area is 108 Å². The monoisotopic (exact) mass is 257 g/mol. The normalized spacial score (nSPS) is 11.8. The molecule has 0 aliphatic heterocycles. The lowest BCUT2D eigenvalue weighted by Crippen LogP contribution is -2.31. The summed E-state index contributed by atoms with van der Waals surface area (Å²) in [5.41, 5.74) is 1.13. The lowest BCUT2D eigenvalue weighted by atomic mass is 9.85. The van der Waals surface area contributed by atoms with Gasteiger partial charge in [0.05, 0.1) is 0 Å². The Morgan fingerprint density at radius 1 is 1.35 bits per heavy atom. The average molecular weight is 258 g/mol. The van der Waals surface area contributed by atoms with Gasteiger partial charge in [0.15, 0.2) is 0 Å². The SMILES string of the molecule is CCCNCC(C)(C)Cc1ccc(F)cc1Cl. The van der Waals surface area contributed by atoms with Crippen LogP contribution in [0.15, 0.2) is 18.2 Å². The van der Waals surface area contributed by atoms with Crippen molar-refractivity contribution in [2.24, 2.45) is 5.41 Å². The average Bonchev–Trinajstić information content (AvgIpc) is 2.22. The van der Waals surface area contributed by atoms with Crippen LogP contribution in [0.3, 0.4) is 0 Å². The van der Waals surface area contributed by atoms with Gasteiger partial charge in [0.25, 0.3) is 0 Å². The van der Waals surface area contributed by atoms with Crippen LogP contribution in [0.5, 0.6) is 0 Å². The van der Waals surface area contributed by atoms with Crippen molar-refractivity contribution in [3.8, 4) is 0 Å². The highest BCUT2D eigenvalue weighted by atomic mass is 35.5. The fourth-order valence-electron chi connectivity index (χ4n) is 1.85. The Balaban J connectivity index is 2.62. The van der Waals surface area contributed by atoms with Crippen LogP contribution in [0.4, 0.5) is 4.39 Å². The van der Waals surface area contributed by atoms with E-state index in [1.54, 1.807) is 6.07 Å². The van der Waals surface area contributed by atoms with Gasteiger partial charge in [-0.2, -0.15) is 0 Å². The van der Waals surface area contributed by atoms with E-state index in [1.807, 2.05) is 0 Å². The third-order valence-corrected chi connectivity index (χ3v) is 3.07. The molecule has 0 saturated heterocycles. The fourth-order valence-corrected chi connectivity index (χ4v) is 2.08. The van der Waals surface area contributed by atoms with Crippen molar-refractivity contribution in [1.29, 1.82) is 0 Å². The molecule has 0 spiro atoms. The van der Waals surface area contributed by atoms with E-state index in [0.29, 0.717) is 5.02 Å². The summed E-state index contributed by atoms with van der Waals surface area (Å²) in [6.07, 6.45) is 1.98. The molecule has 0 aliphatic carbocycles. The van der Waals surface area contributed by atoms with E-state index in [2.05, 4.69) is 26.1 Å². The van der Waals surface area contributed by atoms with Crippen LogP contribution in [-0.2, 0) is 6.42 Å². The van der Waals surface area contributed by atoms with Crippen LogP contribution in [0.2, 0.25) is 5.02 Å². The first-order valence-electron chi connectivity index (χ1n) is 6.09. The van der Waals surface area contributed by atoms with Gasteiger partial charge in [-0.15, -0.1) is 0 Å². The predicted octanol–water partition coefficient (Wildman–Crippen LogP) is 4.05. The molecule has 1 nitrogen and oxygen atoms in total. The lowest BCUT2D eigenvalue weighted by molar-refractivity contribution is 0.339. The van der Waals surface area contributed by atoms with Gasteiger partial charge in [-0.25, -0.2) is 4.39 Å². The van der Waals surface area contributed by atoms with Crippen LogP contribution in [0, 0.1) is 11.2 Å². The van der Waals surface area contributed by atoms with Crippen molar-refractivity contribution in [3.05, 3.63) is 34.6 Å². The Morgan fingerprint density at radius 3 is 2.65 bits per heavy atom. The summed E-state index contributed by atoms with van der Waals surface area (Å²) < 4.78 is 12.9. The maximum Gasteiger partial charge on any atom is 0.124 e. The molecule has 3 heteroatoms. The van der Waals surface area contributed by atoms with E-state index in [0.717, 1.165) is 31.5 Å². The topological polar surface area (TPSA) is 12.0 Å². The summed E-state index contributed by atoms with van der Waals surface area (Å²) in [5, 5.41) is 3.93. The molecule has 0 aromatic heterocycles. The van der Waals surface area contributed by atoms with E-state index in [1.165, 1.54) is 12.1 Å². The van der Waals surface area contributed by atoms with Crippen molar-refractivity contribution in [2.75, 3.05) is 13.1 Å². The van der Waals surface area contributed by atoms with Crippen LogP contribution >= 0.6 is 11.6 Å². The summed E-state index contributed by atoms with van der Waals surface area (Å²) in [6, 6.07) is 4.63. The molecule has 1 aromatic rings. The molecule has 0 bridgehead atoms. The number of hydrogen-bond acceptors (Lipinski definition) is 1. The molecule has 0 aliphatic rings. The molecule has 0 heterocycles. The minimum absolute atomic E-state index is 0.122. The largest absolute Gasteiger partial charge is 0.316 e. The van der Waals surface area contributed by atoms with Crippen LogP contribution in [-0.4, -0.2) is 13.1 Å². The van der Waals surface area contributed by atoms with Gasteiger partial charge in [-0.3, -0.25) is 0 Å². The van der Waals surface area contributed by atoms with Gasteiger partial charge in [0.2, 0.25) is 0 Å². The minimum Gasteiger partial charge on any atom is -0.316 e. The van der Waals surface area contributed by atoms with Crippen molar-refractivity contribution in [3.63, 3.8) is 0 Å². The van der Waals surface area contributed by atoms with Gasteiger partial charge in [0.1, 0.15) is 5.82 Å². The summed E-state index contributed by atoms with van der Waals surface area (Å²) in [5.74, 6) is -0.277. The van der Waals surface area contributed by atoms with Crippen LogP contribution in [0.1, 0.15) is 32.8 Å². The van der Waals surface area contributed by atoms with Crippen molar-refractivity contribution in [2.45, 2.75) is 33.6 Å². The van der Waals surface area contributed by atoms with E-state index >= 15 is 0 Å². The summed E-state index contributed by atoms with van der Waals surface area (Å²) in [7, 11) is 0. The molecule has 0 saturated carbocycles. The minimum atomic E-state index is -0.277. The summed E-state index contributed by atoms with van der Waals surface area (Å²) in [6.45, 7) is 8.50. The quantitative estimate of drug-likeness (QED) is 0.759. The molecule has 17 heavy (non-hydrogen) atoms. The summed E-state index contributed by atoms with van der Waals surface area (Å²) >= 11 is 6.04. The zero-order valence-corrected chi connectivity index (χ0v) is 11.6. The molecule has 1 aromatic carbocycles. The second-order valence-corrected chi connectivity index (χ2v) is 5.66. The highest BCUT2D eigenvalue weighted by Gasteiger charge is 2.19. The molecule has 1 N–H and O–H groups in total. The molecule has 0 radical (unpaired) electrons. The molecule has 96 valence electrons. The maximum absolute atomic E-state index is 12.9. The number of hydrogen-bond donors (Lipinski definition) is 1. The van der Waals surface area contributed by atoms with Crippen molar-refractivity contribution >= 4 is 11.6 Å². The first-order valence-corrected chi connectivity index (χ1v) is 6.47. The Bertz CT molecular complexity index is 363. The molecule has 1 rings (SSSR count). The Morgan fingerprint density at radius 2 is 2.06 bits per heavy atom. The third-order valence-electron chi connectivity index (χ3n) is 2.71. The van der Waals surface area contributed by atoms with Gasteiger partial charge >= 0.3 is 0 Å². The lowest BCUT2D eigenvalue weighted by Gasteiger charge is -2.25. The zero-order chi connectivity index (χ0) is 12.9. The fraction of sp³-hybridized carbons (Fsp3) is 0.571. The van der Waals surface area contributed by atoms with Crippen LogP contribution < -0.4 is 5.32 Å². The van der Waals surface area contributed by atoms with Gasteiger partial charge in [-0.05, 0) is 42.5 Å². The summed E-state index contributed by atoms with van der Waals surface area (Å²) in [4.78, 5) is 0. The second-order valence-electron chi connectivity index (χ2n) is 5.25. The maximum atomic E-state index is 12.9. The standard InChI is InChI=1S/C14H21ClFN/c1-4-7-17-10-14(2,3)9-11-5-6-12(16)8-13(11)15/h5-6,8,17H,4,7,9-10H2,1-3H3. The van der Waals surface area contributed by atoms with E-state index < -0.39 is 0 Å². The van der Waals surface area contributed by atoms with Crippen molar-refractivity contribution in [1.82, 2.24) is 5.32 Å². The number of nitrogens with one attached hydrogen (secondary N) is 1. The molecular formula is C14H21ClFN. The molecule has 0 atom stereocenters. The number of rotatable bonds is 6. The highest BCUT2D eigenvalue weighted by Crippen LogP contribution is 2.26. The second kappa shape index (κ2) is 6.36. The first kappa shape index (κ1) is 14.5. The Kier molecular flexibility index (Phi) is 5.41. The molecule has 0 fully saturated rings. The molecule has 0 unspecified atom stereocenters. The van der Waals surface area contributed by atoms with E-state index in [-0.39, 0.29) is 11.2 Å².